The lowest BCUT2D eigenvalue weighted by atomic mass is 9.78. The second kappa shape index (κ2) is 5.64. The van der Waals surface area contributed by atoms with Crippen molar-refractivity contribution in [2.45, 2.75) is 63.3 Å². The fourth-order valence-corrected chi connectivity index (χ4v) is 4.77. The van der Waals surface area contributed by atoms with Crippen LogP contribution in [0.4, 0.5) is 4.39 Å². The Balaban J connectivity index is 2.07. The highest BCUT2D eigenvalue weighted by Crippen LogP contribution is 2.46. The summed E-state index contributed by atoms with van der Waals surface area (Å²) < 4.78 is 16.3. The van der Waals surface area contributed by atoms with Gasteiger partial charge in [0.15, 0.2) is 0 Å². The van der Waals surface area contributed by atoms with Crippen LogP contribution < -0.4 is 11.3 Å². The minimum atomic E-state index is -1.28. The Morgan fingerprint density at radius 2 is 2.08 bits per heavy atom. The number of carbonyl (C=O) groups is 1. The predicted molar refractivity (Wildman–Crippen MR) is 96.5 cm³/mol. The number of rotatable bonds is 3. The van der Waals surface area contributed by atoms with Gasteiger partial charge in [-0.3, -0.25) is 9.20 Å². The molecule has 2 heterocycles. The second-order valence-corrected chi connectivity index (χ2v) is 8.16. The molecule has 0 amide bonds. The lowest BCUT2D eigenvalue weighted by Crippen LogP contribution is -2.28. The van der Waals surface area contributed by atoms with Gasteiger partial charge in [0.1, 0.15) is 11.4 Å². The first-order chi connectivity index (χ1) is 12.2. The van der Waals surface area contributed by atoms with E-state index in [2.05, 4.69) is 0 Å². The Morgan fingerprint density at radius 1 is 1.38 bits per heavy atom. The van der Waals surface area contributed by atoms with Crippen molar-refractivity contribution in [2.75, 3.05) is 0 Å². The van der Waals surface area contributed by atoms with Crippen LogP contribution >= 0.6 is 0 Å². The number of carboxylic acids is 1. The van der Waals surface area contributed by atoms with Gasteiger partial charge in [0.2, 0.25) is 0 Å². The minimum absolute atomic E-state index is 0.0505. The molecule has 2 atom stereocenters. The van der Waals surface area contributed by atoms with Crippen LogP contribution in [0.1, 0.15) is 72.0 Å². The average Bonchev–Trinajstić information content (AvgIpc) is 3.33. The number of pyridine rings is 2. The van der Waals surface area contributed by atoms with Crippen LogP contribution in [-0.4, -0.2) is 21.5 Å². The Hall–Kier alpha value is -2.21. The van der Waals surface area contributed by atoms with Crippen LogP contribution in [0.3, 0.4) is 0 Å². The van der Waals surface area contributed by atoms with E-state index in [4.69, 9.17) is 5.73 Å². The van der Waals surface area contributed by atoms with Crippen molar-refractivity contribution in [3.05, 3.63) is 50.7 Å². The van der Waals surface area contributed by atoms with Gasteiger partial charge < -0.3 is 10.8 Å². The third kappa shape index (κ3) is 2.47. The maximum absolute atomic E-state index is 15.1. The molecule has 4 rings (SSSR count). The summed E-state index contributed by atoms with van der Waals surface area (Å²) >= 11 is 0. The van der Waals surface area contributed by atoms with Crippen molar-refractivity contribution >= 4 is 11.5 Å². The van der Waals surface area contributed by atoms with Gasteiger partial charge in [0.25, 0.3) is 5.56 Å². The van der Waals surface area contributed by atoms with E-state index in [1.54, 1.807) is 0 Å². The number of nitrogens with zero attached hydrogens (tertiary/aromatic N) is 1. The first kappa shape index (κ1) is 17.2. The number of aromatic nitrogens is 1. The molecule has 2 fully saturated rings. The molecular weight excluding hydrogens is 335 g/mol. The van der Waals surface area contributed by atoms with Crippen LogP contribution in [0.5, 0.6) is 0 Å². The molecule has 0 aliphatic heterocycles. The number of halogens is 1. The molecular formula is C20H23FN2O3. The van der Waals surface area contributed by atoms with Gasteiger partial charge in [-0.15, -0.1) is 0 Å². The van der Waals surface area contributed by atoms with Gasteiger partial charge in [-0.2, -0.15) is 0 Å². The maximum atomic E-state index is 15.1. The van der Waals surface area contributed by atoms with E-state index in [9.17, 15) is 14.7 Å². The second-order valence-electron chi connectivity index (χ2n) is 8.16. The van der Waals surface area contributed by atoms with Crippen molar-refractivity contribution in [3.63, 3.8) is 0 Å². The zero-order chi connectivity index (χ0) is 18.8. The molecule has 0 spiro atoms. The Labute approximate surface area is 150 Å². The summed E-state index contributed by atoms with van der Waals surface area (Å²) in [5.74, 6) is -1.50. The fourth-order valence-electron chi connectivity index (χ4n) is 4.77. The van der Waals surface area contributed by atoms with Gasteiger partial charge in [-0.25, -0.2) is 9.18 Å². The first-order valence-corrected chi connectivity index (χ1v) is 9.10. The van der Waals surface area contributed by atoms with Crippen molar-refractivity contribution in [3.8, 4) is 0 Å². The minimum Gasteiger partial charge on any atom is -0.477 e. The van der Waals surface area contributed by atoms with Crippen LogP contribution in [0.15, 0.2) is 17.1 Å². The quantitative estimate of drug-likeness (QED) is 0.883. The van der Waals surface area contributed by atoms with Gasteiger partial charge in [0.05, 0.1) is 5.52 Å². The van der Waals surface area contributed by atoms with E-state index in [0.29, 0.717) is 17.5 Å². The van der Waals surface area contributed by atoms with Gasteiger partial charge in [-0.05, 0) is 67.6 Å². The summed E-state index contributed by atoms with van der Waals surface area (Å²) in [6, 6.07) is 1.55. The molecule has 138 valence electrons. The van der Waals surface area contributed by atoms with Crippen LogP contribution in [0.2, 0.25) is 0 Å². The number of fused-ring (bicyclic) bond motifs is 1. The smallest absolute Gasteiger partial charge is 0.341 e. The third-order valence-electron chi connectivity index (χ3n) is 6.11. The average molecular weight is 358 g/mol. The summed E-state index contributed by atoms with van der Waals surface area (Å²) in [5.41, 5.74) is 7.60. The van der Waals surface area contributed by atoms with Gasteiger partial charge in [-0.1, -0.05) is 6.92 Å². The largest absolute Gasteiger partial charge is 0.477 e. The molecule has 0 bridgehead atoms. The van der Waals surface area contributed by atoms with E-state index in [1.807, 2.05) is 13.8 Å². The Kier molecular flexibility index (Phi) is 3.74. The molecule has 6 heteroatoms. The molecule has 2 aromatic rings. The normalized spacial score (nSPS) is 25.8. The van der Waals surface area contributed by atoms with Crippen LogP contribution in [0, 0.1) is 12.7 Å². The highest BCUT2D eigenvalue weighted by molar-refractivity contribution is 5.88. The number of hydrogen-bond donors (Lipinski definition) is 2. The molecule has 0 saturated heterocycles. The monoisotopic (exact) mass is 358 g/mol. The number of aryl methyl sites for hydroxylation is 1. The summed E-state index contributed by atoms with van der Waals surface area (Å²) in [4.78, 5) is 24.1. The molecule has 2 unspecified atom stereocenters. The molecule has 5 nitrogen and oxygen atoms in total. The Bertz CT molecular complexity index is 993. The molecule has 0 radical (unpaired) electrons. The summed E-state index contributed by atoms with van der Waals surface area (Å²) in [5, 5.41) is 9.37. The number of aromatic carboxylic acids is 1. The van der Waals surface area contributed by atoms with E-state index >= 15 is 4.39 Å². The molecule has 2 aliphatic rings. The number of nitrogens with two attached hydrogens (primary N) is 1. The third-order valence-corrected chi connectivity index (χ3v) is 6.11. The van der Waals surface area contributed by atoms with Crippen LogP contribution in [-0.2, 0) is 5.41 Å². The lowest BCUT2D eigenvalue weighted by Gasteiger charge is -2.28. The molecule has 2 aliphatic carbocycles. The number of carboxylic acid groups (broad SMARTS) is 1. The van der Waals surface area contributed by atoms with Gasteiger partial charge >= 0.3 is 5.97 Å². The topological polar surface area (TPSA) is 84.8 Å². The molecule has 2 saturated carbocycles. The van der Waals surface area contributed by atoms with Crippen molar-refractivity contribution in [1.82, 2.24) is 4.40 Å². The van der Waals surface area contributed by atoms with Crippen LogP contribution in [0.25, 0.3) is 5.52 Å². The lowest BCUT2D eigenvalue weighted by molar-refractivity contribution is 0.0694. The van der Waals surface area contributed by atoms with Crippen molar-refractivity contribution in [1.29, 1.82) is 0 Å². The number of hydrogen-bond acceptors (Lipinski definition) is 3. The van der Waals surface area contributed by atoms with Crippen molar-refractivity contribution < 1.29 is 14.3 Å². The highest BCUT2D eigenvalue weighted by Gasteiger charge is 2.39. The van der Waals surface area contributed by atoms with Gasteiger partial charge in [0, 0.05) is 17.8 Å². The summed E-state index contributed by atoms with van der Waals surface area (Å²) in [6.45, 7) is 3.87. The zero-order valence-electron chi connectivity index (χ0n) is 15.0. The van der Waals surface area contributed by atoms with Crippen molar-refractivity contribution in [2.24, 2.45) is 5.73 Å². The SMILES string of the molecule is Cc1c(C2(C)CCC(N)C2)c(F)cn2c(=O)c(C(=O)O)cc(C3CC3)c12. The standard InChI is InChI=1S/C20H23FN2O3/c1-10-16(20(2)6-5-12(22)8-20)15(21)9-23-17(10)13(11-3-4-11)7-14(18(23)24)19(25)26/h7,9,11-12H,3-6,8,22H2,1-2H3,(H,25,26). The molecule has 2 aromatic heterocycles. The first-order valence-electron chi connectivity index (χ1n) is 9.10. The van der Waals surface area contributed by atoms with E-state index in [-0.39, 0.29) is 22.9 Å². The molecule has 26 heavy (non-hydrogen) atoms. The molecule has 3 N–H and O–H groups in total. The predicted octanol–water partition coefficient (Wildman–Crippen LogP) is 3.09. The zero-order valence-corrected chi connectivity index (χ0v) is 15.0. The van der Waals surface area contributed by atoms with E-state index < -0.39 is 17.3 Å². The van der Waals surface area contributed by atoms with E-state index in [1.165, 1.54) is 16.7 Å². The maximum Gasteiger partial charge on any atom is 0.341 e. The fraction of sp³-hybridized carbons (Fsp3) is 0.500. The Morgan fingerprint density at radius 3 is 2.62 bits per heavy atom. The van der Waals surface area contributed by atoms with E-state index in [0.717, 1.165) is 36.8 Å². The summed E-state index contributed by atoms with van der Waals surface area (Å²) in [7, 11) is 0. The summed E-state index contributed by atoms with van der Waals surface area (Å²) in [6.07, 6.45) is 5.45. The highest BCUT2D eigenvalue weighted by atomic mass is 19.1. The molecule has 0 aromatic carbocycles.